The van der Waals surface area contributed by atoms with Crippen molar-refractivity contribution in [2.45, 2.75) is 19.8 Å². The van der Waals surface area contributed by atoms with Gasteiger partial charge in [0, 0.05) is 11.9 Å². The minimum absolute atomic E-state index is 0. The molecule has 1 saturated heterocycles. The number of hydrogen-bond donors (Lipinski definition) is 0. The molecule has 0 aromatic carbocycles. The van der Waals surface area contributed by atoms with Crippen LogP contribution in [0.5, 0.6) is 0 Å². The highest BCUT2D eigenvalue weighted by molar-refractivity contribution is 9.09. The fraction of sp³-hybridized carbons (Fsp3) is 0.900. The Balaban J connectivity index is 0.00000196. The Hall–Kier alpha value is 0.390. The number of nitrogens with zero attached hydrogens (tertiary/aromatic N) is 1. The number of hydrogen-bond acceptors (Lipinski definition) is 3. The lowest BCUT2D eigenvalue weighted by Gasteiger charge is -2.30. The standard InChI is InChI=1S/C10H18BrNO2.BrH/c1-2-14-10(13)9-3-6-12(7-4-9)8-5-11;/h9H,2-8H2,1H3;1H. The minimum Gasteiger partial charge on any atom is -0.466 e. The zero-order chi connectivity index (χ0) is 10.4. The summed E-state index contributed by atoms with van der Waals surface area (Å²) in [6.45, 7) is 5.48. The maximum Gasteiger partial charge on any atom is 0.309 e. The summed E-state index contributed by atoms with van der Waals surface area (Å²) in [6.07, 6.45) is 1.90. The molecule has 90 valence electrons. The van der Waals surface area contributed by atoms with E-state index in [1.807, 2.05) is 6.92 Å². The fourth-order valence-corrected chi connectivity index (χ4v) is 2.27. The van der Waals surface area contributed by atoms with E-state index < -0.39 is 0 Å². The summed E-state index contributed by atoms with van der Waals surface area (Å²) < 4.78 is 5.01. The van der Waals surface area contributed by atoms with Gasteiger partial charge in [0.15, 0.2) is 0 Å². The van der Waals surface area contributed by atoms with Crippen LogP contribution in [0, 0.1) is 5.92 Å². The molecule has 0 spiro atoms. The van der Waals surface area contributed by atoms with Crippen molar-refractivity contribution in [1.29, 1.82) is 0 Å². The Labute approximate surface area is 110 Å². The third-order valence-electron chi connectivity index (χ3n) is 2.61. The average molecular weight is 345 g/mol. The molecule has 15 heavy (non-hydrogen) atoms. The molecule has 0 aromatic heterocycles. The molecule has 0 bridgehead atoms. The van der Waals surface area contributed by atoms with Crippen LogP contribution < -0.4 is 0 Å². The van der Waals surface area contributed by atoms with Crippen LogP contribution in [0.2, 0.25) is 0 Å². The van der Waals surface area contributed by atoms with Gasteiger partial charge in [0.2, 0.25) is 0 Å². The first kappa shape index (κ1) is 15.4. The van der Waals surface area contributed by atoms with Gasteiger partial charge in [-0.05, 0) is 32.9 Å². The van der Waals surface area contributed by atoms with Crippen molar-refractivity contribution in [2.75, 3.05) is 31.6 Å². The second-order valence-electron chi connectivity index (χ2n) is 3.56. The summed E-state index contributed by atoms with van der Waals surface area (Å²) in [5, 5.41) is 1.01. The van der Waals surface area contributed by atoms with Gasteiger partial charge in [0.05, 0.1) is 12.5 Å². The molecule has 1 aliphatic heterocycles. The van der Waals surface area contributed by atoms with Crippen LogP contribution in [0.3, 0.4) is 0 Å². The van der Waals surface area contributed by atoms with Crippen molar-refractivity contribution in [3.63, 3.8) is 0 Å². The number of piperidine rings is 1. The molecule has 0 radical (unpaired) electrons. The zero-order valence-corrected chi connectivity index (χ0v) is 12.4. The first-order valence-corrected chi connectivity index (χ1v) is 6.35. The SMILES string of the molecule is Br.CCOC(=O)C1CCN(CCBr)CC1. The molecular weight excluding hydrogens is 326 g/mol. The number of ether oxygens (including phenoxy) is 1. The van der Waals surface area contributed by atoms with E-state index in [2.05, 4.69) is 20.8 Å². The summed E-state index contributed by atoms with van der Waals surface area (Å²) in [5.74, 6) is 0.132. The van der Waals surface area contributed by atoms with Crippen molar-refractivity contribution in [3.8, 4) is 0 Å². The highest BCUT2D eigenvalue weighted by atomic mass is 79.9. The largest absolute Gasteiger partial charge is 0.466 e. The number of esters is 1. The number of carbonyl (C=O) groups excluding carboxylic acids is 1. The lowest BCUT2D eigenvalue weighted by molar-refractivity contribution is -0.149. The molecule has 1 aliphatic rings. The van der Waals surface area contributed by atoms with E-state index in [0.717, 1.165) is 37.8 Å². The highest BCUT2D eigenvalue weighted by Gasteiger charge is 2.25. The summed E-state index contributed by atoms with van der Waals surface area (Å²) >= 11 is 3.42. The first-order chi connectivity index (χ1) is 6.77. The Morgan fingerprint density at radius 2 is 2.07 bits per heavy atom. The first-order valence-electron chi connectivity index (χ1n) is 5.23. The summed E-state index contributed by atoms with van der Waals surface area (Å²) in [4.78, 5) is 13.8. The van der Waals surface area contributed by atoms with Crippen molar-refractivity contribution in [1.82, 2.24) is 4.90 Å². The van der Waals surface area contributed by atoms with Crippen molar-refractivity contribution in [2.24, 2.45) is 5.92 Å². The molecule has 0 aromatic rings. The summed E-state index contributed by atoms with van der Waals surface area (Å²) in [7, 11) is 0. The molecule has 1 heterocycles. The topological polar surface area (TPSA) is 29.5 Å². The predicted octanol–water partition coefficient (Wildman–Crippen LogP) is 2.23. The number of carbonyl (C=O) groups is 1. The molecule has 1 fully saturated rings. The van der Waals surface area contributed by atoms with E-state index in [4.69, 9.17) is 4.74 Å². The third kappa shape index (κ3) is 5.31. The maximum atomic E-state index is 11.4. The summed E-state index contributed by atoms with van der Waals surface area (Å²) in [5.41, 5.74) is 0. The predicted molar refractivity (Wildman–Crippen MR) is 69.9 cm³/mol. The van der Waals surface area contributed by atoms with Gasteiger partial charge in [0.25, 0.3) is 0 Å². The monoisotopic (exact) mass is 343 g/mol. The van der Waals surface area contributed by atoms with Gasteiger partial charge in [-0.3, -0.25) is 4.79 Å². The molecule has 0 saturated carbocycles. The smallest absolute Gasteiger partial charge is 0.309 e. The van der Waals surface area contributed by atoms with Gasteiger partial charge in [-0.25, -0.2) is 0 Å². The maximum absolute atomic E-state index is 11.4. The highest BCUT2D eigenvalue weighted by Crippen LogP contribution is 2.18. The zero-order valence-electron chi connectivity index (χ0n) is 9.08. The van der Waals surface area contributed by atoms with E-state index in [-0.39, 0.29) is 28.9 Å². The Kier molecular flexibility index (Phi) is 8.75. The van der Waals surface area contributed by atoms with Crippen LogP contribution in [0.25, 0.3) is 0 Å². The van der Waals surface area contributed by atoms with Gasteiger partial charge in [-0.2, -0.15) is 0 Å². The van der Waals surface area contributed by atoms with Crippen LogP contribution >= 0.6 is 32.9 Å². The van der Waals surface area contributed by atoms with Gasteiger partial charge in [-0.1, -0.05) is 15.9 Å². The van der Waals surface area contributed by atoms with E-state index in [0.29, 0.717) is 6.61 Å². The van der Waals surface area contributed by atoms with Gasteiger partial charge < -0.3 is 9.64 Å². The van der Waals surface area contributed by atoms with Crippen molar-refractivity contribution >= 4 is 38.9 Å². The van der Waals surface area contributed by atoms with Crippen LogP contribution in [-0.4, -0.2) is 42.4 Å². The number of halogens is 2. The van der Waals surface area contributed by atoms with Crippen molar-refractivity contribution in [3.05, 3.63) is 0 Å². The van der Waals surface area contributed by atoms with E-state index >= 15 is 0 Å². The molecule has 0 atom stereocenters. The van der Waals surface area contributed by atoms with Gasteiger partial charge >= 0.3 is 5.97 Å². The van der Waals surface area contributed by atoms with Crippen LogP contribution in [-0.2, 0) is 9.53 Å². The lowest BCUT2D eigenvalue weighted by atomic mass is 9.97. The summed E-state index contributed by atoms with van der Waals surface area (Å²) in [6, 6.07) is 0. The molecule has 1 rings (SSSR count). The average Bonchev–Trinajstić information content (AvgIpc) is 2.20. The fourth-order valence-electron chi connectivity index (χ4n) is 1.77. The molecule has 3 nitrogen and oxygen atoms in total. The quantitative estimate of drug-likeness (QED) is 0.578. The minimum atomic E-state index is -0.00834. The van der Waals surface area contributed by atoms with Crippen molar-refractivity contribution < 1.29 is 9.53 Å². The second kappa shape index (κ2) is 8.53. The normalized spacial score (nSPS) is 18.3. The Bertz CT molecular complexity index is 182. The Morgan fingerprint density at radius 1 is 1.47 bits per heavy atom. The van der Waals surface area contributed by atoms with Gasteiger partial charge in [0.1, 0.15) is 0 Å². The molecule has 0 aliphatic carbocycles. The Morgan fingerprint density at radius 3 is 2.53 bits per heavy atom. The molecule has 0 N–H and O–H groups in total. The van der Waals surface area contributed by atoms with Gasteiger partial charge in [-0.15, -0.1) is 17.0 Å². The number of alkyl halides is 1. The van der Waals surface area contributed by atoms with E-state index in [9.17, 15) is 4.79 Å². The van der Waals surface area contributed by atoms with Crippen LogP contribution in [0.1, 0.15) is 19.8 Å². The molecule has 0 amide bonds. The van der Waals surface area contributed by atoms with E-state index in [1.54, 1.807) is 0 Å². The lowest BCUT2D eigenvalue weighted by Crippen LogP contribution is -2.37. The van der Waals surface area contributed by atoms with Crippen LogP contribution in [0.4, 0.5) is 0 Å². The second-order valence-corrected chi connectivity index (χ2v) is 4.35. The number of likely N-dealkylation sites (tertiary alicyclic amines) is 1. The van der Waals surface area contributed by atoms with Crippen LogP contribution in [0.15, 0.2) is 0 Å². The third-order valence-corrected chi connectivity index (χ3v) is 2.96. The molecular formula is C10H19Br2NO2. The molecule has 0 unspecified atom stereocenters. The molecule has 5 heteroatoms. The van der Waals surface area contributed by atoms with E-state index in [1.165, 1.54) is 0 Å². The number of rotatable bonds is 4.